The first-order valence-corrected chi connectivity index (χ1v) is 6.63. The van der Waals surface area contributed by atoms with E-state index in [1.165, 1.54) is 29.5 Å². The van der Waals surface area contributed by atoms with E-state index in [9.17, 15) is 0 Å². The molecule has 2 nitrogen and oxygen atoms in total. The van der Waals surface area contributed by atoms with Crippen LogP contribution in [0.4, 0.5) is 0 Å². The van der Waals surface area contributed by atoms with Crippen molar-refractivity contribution in [1.82, 2.24) is 0 Å². The standard InChI is InChI=1S/C15H23NO/c1-11-8-14(4-3-7-16)9-12(2)15(11)17-10-13-5-6-13/h8-9,13H,3-7,10,16H2,1-2H3. The van der Waals surface area contributed by atoms with Gasteiger partial charge in [0.2, 0.25) is 0 Å². The molecule has 0 radical (unpaired) electrons. The quantitative estimate of drug-likeness (QED) is 0.820. The van der Waals surface area contributed by atoms with E-state index in [1.54, 1.807) is 0 Å². The molecule has 1 aliphatic rings. The maximum atomic E-state index is 5.93. The van der Waals surface area contributed by atoms with Crippen LogP contribution in [0.2, 0.25) is 0 Å². The second kappa shape index (κ2) is 5.54. The number of aryl methyl sites for hydroxylation is 3. The van der Waals surface area contributed by atoms with Gasteiger partial charge in [0.25, 0.3) is 0 Å². The summed E-state index contributed by atoms with van der Waals surface area (Å²) in [5.74, 6) is 1.90. The molecule has 0 aromatic heterocycles. The Hall–Kier alpha value is -1.02. The van der Waals surface area contributed by atoms with Crippen LogP contribution in [0.5, 0.6) is 5.75 Å². The summed E-state index contributed by atoms with van der Waals surface area (Å²) in [6.07, 6.45) is 4.81. The van der Waals surface area contributed by atoms with Crippen molar-refractivity contribution in [2.24, 2.45) is 11.7 Å². The Balaban J connectivity index is 2.04. The van der Waals surface area contributed by atoms with Crippen LogP contribution < -0.4 is 10.5 Å². The average Bonchev–Trinajstić information content (AvgIpc) is 3.09. The van der Waals surface area contributed by atoms with Crippen LogP contribution in [0.1, 0.15) is 36.0 Å². The van der Waals surface area contributed by atoms with Crippen LogP contribution >= 0.6 is 0 Å². The lowest BCUT2D eigenvalue weighted by Crippen LogP contribution is -2.04. The minimum absolute atomic E-state index is 0.762. The molecule has 1 fully saturated rings. The number of hydrogen-bond acceptors (Lipinski definition) is 2. The summed E-state index contributed by atoms with van der Waals surface area (Å²) in [5.41, 5.74) is 9.45. The van der Waals surface area contributed by atoms with E-state index >= 15 is 0 Å². The van der Waals surface area contributed by atoms with Crippen molar-refractivity contribution in [1.29, 1.82) is 0 Å². The molecule has 0 unspecified atom stereocenters. The Kier molecular flexibility index (Phi) is 4.06. The molecule has 1 aliphatic carbocycles. The molecule has 0 spiro atoms. The van der Waals surface area contributed by atoms with E-state index in [-0.39, 0.29) is 0 Å². The zero-order valence-corrected chi connectivity index (χ0v) is 11.0. The minimum atomic E-state index is 0.762. The summed E-state index contributed by atoms with van der Waals surface area (Å²) < 4.78 is 5.93. The molecule has 0 bridgehead atoms. The van der Waals surface area contributed by atoms with Gasteiger partial charge >= 0.3 is 0 Å². The number of nitrogens with two attached hydrogens (primary N) is 1. The van der Waals surface area contributed by atoms with Gasteiger partial charge in [0.15, 0.2) is 0 Å². The highest BCUT2D eigenvalue weighted by Gasteiger charge is 2.22. The molecule has 1 saturated carbocycles. The third-order valence-electron chi connectivity index (χ3n) is 3.35. The first-order chi connectivity index (χ1) is 8.20. The van der Waals surface area contributed by atoms with E-state index in [1.807, 2.05) is 0 Å². The first-order valence-electron chi connectivity index (χ1n) is 6.63. The fourth-order valence-corrected chi connectivity index (χ4v) is 2.20. The second-order valence-corrected chi connectivity index (χ2v) is 5.21. The van der Waals surface area contributed by atoms with Crippen molar-refractivity contribution in [3.8, 4) is 5.75 Å². The maximum Gasteiger partial charge on any atom is 0.125 e. The van der Waals surface area contributed by atoms with E-state index in [4.69, 9.17) is 10.5 Å². The highest BCUT2D eigenvalue weighted by molar-refractivity contribution is 5.43. The summed E-state index contributed by atoms with van der Waals surface area (Å²) in [6.45, 7) is 5.93. The zero-order valence-electron chi connectivity index (χ0n) is 11.0. The lowest BCUT2D eigenvalue weighted by molar-refractivity contribution is 0.296. The summed E-state index contributed by atoms with van der Waals surface area (Å²) in [6, 6.07) is 4.48. The second-order valence-electron chi connectivity index (χ2n) is 5.21. The van der Waals surface area contributed by atoms with E-state index in [0.717, 1.165) is 37.7 Å². The zero-order chi connectivity index (χ0) is 12.3. The van der Waals surface area contributed by atoms with Crippen molar-refractivity contribution in [3.63, 3.8) is 0 Å². The molecule has 2 N–H and O–H groups in total. The molecule has 2 heteroatoms. The highest BCUT2D eigenvalue weighted by Crippen LogP contribution is 2.32. The molecule has 0 aliphatic heterocycles. The topological polar surface area (TPSA) is 35.2 Å². The van der Waals surface area contributed by atoms with E-state index < -0.39 is 0 Å². The molecule has 94 valence electrons. The van der Waals surface area contributed by atoms with Crippen LogP contribution in [0.25, 0.3) is 0 Å². The van der Waals surface area contributed by atoms with Crippen LogP contribution in [0.15, 0.2) is 12.1 Å². The number of rotatable bonds is 6. The first kappa shape index (κ1) is 12.4. The normalized spacial score (nSPS) is 15.0. The Bertz CT molecular complexity index is 360. The minimum Gasteiger partial charge on any atom is -0.493 e. The molecule has 1 aromatic carbocycles. The Morgan fingerprint density at radius 2 is 1.88 bits per heavy atom. The van der Waals surface area contributed by atoms with Gasteiger partial charge in [0.1, 0.15) is 5.75 Å². The smallest absolute Gasteiger partial charge is 0.125 e. The Labute approximate surface area is 104 Å². The van der Waals surface area contributed by atoms with Crippen molar-refractivity contribution < 1.29 is 4.74 Å². The Morgan fingerprint density at radius 1 is 1.24 bits per heavy atom. The van der Waals surface area contributed by atoms with Crippen LogP contribution in [0, 0.1) is 19.8 Å². The Morgan fingerprint density at radius 3 is 2.41 bits per heavy atom. The number of ether oxygens (including phenoxy) is 1. The molecule has 0 saturated heterocycles. The molecule has 2 rings (SSSR count). The third kappa shape index (κ3) is 3.47. The number of benzene rings is 1. The molecule has 0 atom stereocenters. The molecule has 17 heavy (non-hydrogen) atoms. The van der Waals surface area contributed by atoms with Crippen molar-refractivity contribution in [3.05, 3.63) is 28.8 Å². The van der Waals surface area contributed by atoms with E-state index in [0.29, 0.717) is 0 Å². The molecular weight excluding hydrogens is 210 g/mol. The summed E-state index contributed by atoms with van der Waals surface area (Å²) in [7, 11) is 0. The molecule has 1 aromatic rings. The van der Waals surface area contributed by atoms with Gasteiger partial charge < -0.3 is 10.5 Å². The van der Waals surface area contributed by atoms with Crippen molar-refractivity contribution in [2.45, 2.75) is 39.5 Å². The number of hydrogen-bond donors (Lipinski definition) is 1. The average molecular weight is 233 g/mol. The molecular formula is C15H23NO. The van der Waals surface area contributed by atoms with Gasteiger partial charge in [-0.1, -0.05) is 12.1 Å². The fraction of sp³-hybridized carbons (Fsp3) is 0.600. The van der Waals surface area contributed by atoms with Gasteiger partial charge in [-0.2, -0.15) is 0 Å². The summed E-state index contributed by atoms with van der Waals surface area (Å²) in [5, 5.41) is 0. The molecule has 0 amide bonds. The van der Waals surface area contributed by atoms with Gasteiger partial charge in [-0.05, 0) is 68.7 Å². The summed E-state index contributed by atoms with van der Waals surface area (Å²) in [4.78, 5) is 0. The van der Waals surface area contributed by atoms with Crippen molar-refractivity contribution >= 4 is 0 Å². The van der Waals surface area contributed by atoms with E-state index in [2.05, 4.69) is 26.0 Å². The van der Waals surface area contributed by atoms with Gasteiger partial charge in [-0.15, -0.1) is 0 Å². The monoisotopic (exact) mass is 233 g/mol. The lowest BCUT2D eigenvalue weighted by Gasteiger charge is -2.13. The van der Waals surface area contributed by atoms with Crippen LogP contribution in [-0.4, -0.2) is 13.2 Å². The van der Waals surface area contributed by atoms with Gasteiger partial charge in [0.05, 0.1) is 6.61 Å². The van der Waals surface area contributed by atoms with Gasteiger partial charge in [-0.3, -0.25) is 0 Å². The van der Waals surface area contributed by atoms with Crippen molar-refractivity contribution in [2.75, 3.05) is 13.2 Å². The summed E-state index contributed by atoms with van der Waals surface area (Å²) >= 11 is 0. The predicted molar refractivity (Wildman–Crippen MR) is 71.5 cm³/mol. The fourth-order valence-electron chi connectivity index (χ4n) is 2.20. The van der Waals surface area contributed by atoms with Gasteiger partial charge in [0, 0.05) is 0 Å². The SMILES string of the molecule is Cc1cc(CCCN)cc(C)c1OCC1CC1. The maximum absolute atomic E-state index is 5.93. The van der Waals surface area contributed by atoms with Crippen LogP contribution in [0.3, 0.4) is 0 Å². The van der Waals surface area contributed by atoms with Gasteiger partial charge in [-0.25, -0.2) is 0 Å². The highest BCUT2D eigenvalue weighted by atomic mass is 16.5. The lowest BCUT2D eigenvalue weighted by atomic mass is 10.0. The third-order valence-corrected chi connectivity index (χ3v) is 3.35. The molecule has 0 heterocycles. The largest absolute Gasteiger partial charge is 0.493 e. The van der Waals surface area contributed by atoms with Crippen LogP contribution in [-0.2, 0) is 6.42 Å². The predicted octanol–water partition coefficient (Wildman–Crippen LogP) is 2.98.